The molecule has 1 aliphatic rings. The van der Waals surface area contributed by atoms with Gasteiger partial charge in [-0.2, -0.15) is 0 Å². The lowest BCUT2D eigenvalue weighted by Crippen LogP contribution is -2.29. The zero-order valence-electron chi connectivity index (χ0n) is 20.1. The van der Waals surface area contributed by atoms with E-state index in [2.05, 4.69) is 5.32 Å². The Morgan fingerprint density at radius 2 is 1.43 bits per heavy atom. The van der Waals surface area contributed by atoms with Crippen molar-refractivity contribution in [2.75, 3.05) is 18.5 Å². The number of imide groups is 1. The Morgan fingerprint density at radius 3 is 2.14 bits per heavy atom. The molecular weight excluding hydrogens is 476 g/mol. The van der Waals surface area contributed by atoms with Crippen molar-refractivity contribution in [1.29, 1.82) is 0 Å². The molecule has 0 fully saturated rings. The summed E-state index contributed by atoms with van der Waals surface area (Å²) in [6, 6.07) is 19.3. The predicted molar refractivity (Wildman–Crippen MR) is 133 cm³/mol. The molecule has 0 radical (unpaired) electrons. The van der Waals surface area contributed by atoms with E-state index in [1.165, 1.54) is 42.5 Å². The Morgan fingerprint density at radius 1 is 0.784 bits per heavy atom. The highest BCUT2D eigenvalue weighted by Gasteiger charge is 2.36. The van der Waals surface area contributed by atoms with E-state index in [0.29, 0.717) is 24.3 Å². The largest absolute Gasteiger partial charge is 0.462 e. The Kier molecular flexibility index (Phi) is 7.73. The summed E-state index contributed by atoms with van der Waals surface area (Å²) >= 11 is 0. The van der Waals surface area contributed by atoms with Gasteiger partial charge in [-0.1, -0.05) is 37.3 Å². The van der Waals surface area contributed by atoms with Crippen molar-refractivity contribution in [3.63, 3.8) is 0 Å². The maximum atomic E-state index is 12.8. The van der Waals surface area contributed by atoms with Gasteiger partial charge in [0, 0.05) is 5.69 Å². The lowest BCUT2D eigenvalue weighted by atomic mass is 10.1. The quantitative estimate of drug-likeness (QED) is 0.350. The fourth-order valence-electron chi connectivity index (χ4n) is 3.71. The Bertz CT molecular complexity index is 1350. The van der Waals surface area contributed by atoms with Crippen LogP contribution in [0.25, 0.3) is 0 Å². The summed E-state index contributed by atoms with van der Waals surface area (Å²) in [5.41, 5.74) is 1.92. The molecule has 9 heteroatoms. The Labute approximate surface area is 213 Å². The first-order valence-electron chi connectivity index (χ1n) is 11.7. The molecule has 3 aromatic carbocycles. The molecule has 0 atom stereocenters. The number of hydrogen-bond donors (Lipinski definition) is 1. The molecule has 1 aliphatic heterocycles. The van der Waals surface area contributed by atoms with E-state index in [-0.39, 0.29) is 23.2 Å². The van der Waals surface area contributed by atoms with Gasteiger partial charge < -0.3 is 14.8 Å². The van der Waals surface area contributed by atoms with Gasteiger partial charge in [0.05, 0.1) is 35.4 Å². The van der Waals surface area contributed by atoms with Crippen molar-refractivity contribution in [3.05, 3.63) is 101 Å². The normalized spacial score (nSPS) is 12.2. The monoisotopic (exact) mass is 500 g/mol. The van der Waals surface area contributed by atoms with Crippen molar-refractivity contribution in [2.45, 2.75) is 19.9 Å². The van der Waals surface area contributed by atoms with E-state index in [9.17, 15) is 24.0 Å². The molecule has 1 N–H and O–H groups in total. The molecule has 3 amide bonds. The highest BCUT2D eigenvalue weighted by molar-refractivity contribution is 6.21. The van der Waals surface area contributed by atoms with Crippen LogP contribution in [0.4, 0.5) is 5.69 Å². The second-order valence-corrected chi connectivity index (χ2v) is 8.28. The number of esters is 2. The molecule has 188 valence electrons. The van der Waals surface area contributed by atoms with Gasteiger partial charge in [-0.25, -0.2) is 9.59 Å². The van der Waals surface area contributed by atoms with Crippen LogP contribution in [-0.2, 0) is 20.8 Å². The number of carbonyl (C=O) groups is 5. The number of carbonyl (C=O) groups excluding carboxylic acids is 5. The average Bonchev–Trinajstić information content (AvgIpc) is 3.15. The van der Waals surface area contributed by atoms with E-state index in [0.717, 1.165) is 10.5 Å². The van der Waals surface area contributed by atoms with E-state index >= 15 is 0 Å². The fourth-order valence-corrected chi connectivity index (χ4v) is 3.71. The number of nitrogens with zero attached hydrogens (tertiary/aromatic N) is 1. The molecular formula is C28H24N2O7. The summed E-state index contributed by atoms with van der Waals surface area (Å²) in [5.74, 6) is -2.79. The molecule has 0 aromatic heterocycles. The van der Waals surface area contributed by atoms with E-state index in [4.69, 9.17) is 9.47 Å². The fraction of sp³-hybridized carbons (Fsp3) is 0.179. The van der Waals surface area contributed by atoms with Crippen molar-refractivity contribution in [3.8, 4) is 0 Å². The predicted octanol–water partition coefficient (Wildman–Crippen LogP) is 3.85. The van der Waals surface area contributed by atoms with Crippen LogP contribution in [0.15, 0.2) is 72.8 Å². The molecule has 0 spiro atoms. The van der Waals surface area contributed by atoms with Crippen molar-refractivity contribution in [1.82, 2.24) is 4.90 Å². The van der Waals surface area contributed by atoms with Crippen LogP contribution in [0.5, 0.6) is 0 Å². The van der Waals surface area contributed by atoms with Crippen molar-refractivity contribution < 1.29 is 33.4 Å². The van der Waals surface area contributed by atoms with Crippen LogP contribution in [0.1, 0.15) is 60.3 Å². The van der Waals surface area contributed by atoms with Crippen LogP contribution in [-0.4, -0.2) is 47.8 Å². The summed E-state index contributed by atoms with van der Waals surface area (Å²) in [4.78, 5) is 63.2. The SMILES string of the molecule is CCCOC(=O)c1ccc(NC(=O)COC(=O)c2ccc3c(c2)C(=O)N(Cc2ccccc2)C3=O)cc1. The van der Waals surface area contributed by atoms with Crippen LogP contribution in [0.3, 0.4) is 0 Å². The number of benzene rings is 3. The summed E-state index contributed by atoms with van der Waals surface area (Å²) in [6.07, 6.45) is 0.713. The molecule has 0 saturated heterocycles. The van der Waals surface area contributed by atoms with Crippen LogP contribution in [0.2, 0.25) is 0 Å². The second kappa shape index (κ2) is 11.3. The van der Waals surface area contributed by atoms with Crippen LogP contribution >= 0.6 is 0 Å². The molecule has 9 nitrogen and oxygen atoms in total. The maximum Gasteiger partial charge on any atom is 0.338 e. The number of hydrogen-bond acceptors (Lipinski definition) is 7. The molecule has 37 heavy (non-hydrogen) atoms. The summed E-state index contributed by atoms with van der Waals surface area (Å²) in [6.45, 7) is 1.77. The molecule has 0 saturated carbocycles. The lowest BCUT2D eigenvalue weighted by Gasteiger charge is -2.13. The molecule has 0 unspecified atom stereocenters. The van der Waals surface area contributed by atoms with Gasteiger partial charge in [0.15, 0.2) is 6.61 Å². The number of amides is 3. The smallest absolute Gasteiger partial charge is 0.338 e. The minimum absolute atomic E-state index is 0.0456. The Hall–Kier alpha value is -4.79. The van der Waals surface area contributed by atoms with Gasteiger partial charge in [0.25, 0.3) is 17.7 Å². The zero-order valence-corrected chi connectivity index (χ0v) is 20.1. The number of ether oxygens (including phenoxy) is 2. The number of nitrogens with one attached hydrogen (secondary N) is 1. The minimum Gasteiger partial charge on any atom is -0.462 e. The van der Waals surface area contributed by atoms with Crippen molar-refractivity contribution in [2.24, 2.45) is 0 Å². The molecule has 4 rings (SSSR count). The second-order valence-electron chi connectivity index (χ2n) is 8.28. The molecule has 1 heterocycles. The zero-order chi connectivity index (χ0) is 26.4. The summed E-state index contributed by atoms with van der Waals surface area (Å²) in [5, 5.41) is 2.57. The van der Waals surface area contributed by atoms with Crippen LogP contribution in [0, 0.1) is 0 Å². The summed E-state index contributed by atoms with van der Waals surface area (Å²) < 4.78 is 10.1. The summed E-state index contributed by atoms with van der Waals surface area (Å²) in [7, 11) is 0. The van der Waals surface area contributed by atoms with Gasteiger partial charge in [0.2, 0.25) is 0 Å². The number of rotatable bonds is 9. The van der Waals surface area contributed by atoms with Gasteiger partial charge >= 0.3 is 11.9 Å². The first-order valence-corrected chi connectivity index (χ1v) is 11.7. The standard InChI is InChI=1S/C28H24N2O7/c1-2-14-36-27(34)19-8-11-21(12-9-19)29-24(31)17-37-28(35)20-10-13-22-23(15-20)26(33)30(25(22)32)16-18-6-4-3-5-7-18/h3-13,15H,2,14,16-17H2,1H3,(H,29,31). The third kappa shape index (κ3) is 5.90. The third-order valence-corrected chi connectivity index (χ3v) is 5.57. The van der Waals surface area contributed by atoms with Crippen LogP contribution < -0.4 is 5.32 Å². The first kappa shape index (κ1) is 25.3. The minimum atomic E-state index is -0.811. The van der Waals surface area contributed by atoms with Gasteiger partial charge in [-0.15, -0.1) is 0 Å². The number of anilines is 1. The van der Waals surface area contributed by atoms with E-state index in [1.807, 2.05) is 37.3 Å². The van der Waals surface area contributed by atoms with E-state index < -0.39 is 36.3 Å². The highest BCUT2D eigenvalue weighted by atomic mass is 16.5. The molecule has 0 bridgehead atoms. The highest BCUT2D eigenvalue weighted by Crippen LogP contribution is 2.26. The average molecular weight is 501 g/mol. The number of fused-ring (bicyclic) bond motifs is 1. The topological polar surface area (TPSA) is 119 Å². The van der Waals surface area contributed by atoms with Gasteiger partial charge in [0.1, 0.15) is 0 Å². The van der Waals surface area contributed by atoms with E-state index in [1.54, 1.807) is 0 Å². The molecule has 3 aromatic rings. The van der Waals surface area contributed by atoms with Gasteiger partial charge in [-0.3, -0.25) is 19.3 Å². The molecule has 0 aliphatic carbocycles. The Balaban J connectivity index is 1.33. The maximum absolute atomic E-state index is 12.8. The first-order chi connectivity index (χ1) is 17.9. The third-order valence-electron chi connectivity index (χ3n) is 5.57. The van der Waals surface area contributed by atoms with Crippen molar-refractivity contribution >= 4 is 35.3 Å². The lowest BCUT2D eigenvalue weighted by molar-refractivity contribution is -0.119. The van der Waals surface area contributed by atoms with Gasteiger partial charge in [-0.05, 0) is 54.4 Å².